The fraction of sp³-hybridized carbons (Fsp3) is 0.353. The van der Waals surface area contributed by atoms with Crippen molar-refractivity contribution in [2.24, 2.45) is 0 Å². The van der Waals surface area contributed by atoms with Gasteiger partial charge in [0.25, 0.3) is 6.47 Å². The molecule has 5 atom stereocenters. The molecule has 0 saturated carbocycles. The first-order chi connectivity index (χ1) is 25.2. The summed E-state index contributed by atoms with van der Waals surface area (Å²) >= 11 is 0. The number of carbonyl (C=O) groups is 6. The third kappa shape index (κ3) is 9.06. The Kier molecular flexibility index (Phi) is 11.6. The predicted molar refractivity (Wildman–Crippen MR) is 171 cm³/mol. The molecule has 0 spiro atoms. The van der Waals surface area contributed by atoms with Crippen LogP contribution in [0.15, 0.2) is 48.4 Å². The third-order valence-corrected chi connectivity index (χ3v) is 7.38. The molecule has 53 heavy (non-hydrogen) atoms. The molecule has 5 rings (SSSR count). The number of ether oxygens (including phenoxy) is 9. The number of benzene rings is 2. The number of fused-ring (bicyclic) bond motifs is 1. The lowest BCUT2D eigenvalue weighted by Crippen LogP contribution is -2.55. The van der Waals surface area contributed by atoms with Gasteiger partial charge in [-0.05, 0) is 24.3 Å². The summed E-state index contributed by atoms with van der Waals surface area (Å²) in [6.45, 7) is 5.34. The molecule has 1 N–H and O–H groups in total. The van der Waals surface area contributed by atoms with E-state index in [1.807, 2.05) is 0 Å². The van der Waals surface area contributed by atoms with Crippen LogP contribution in [0.25, 0.3) is 5.76 Å². The number of carbonyl (C=O) groups excluding carboxylic acids is 6. The van der Waals surface area contributed by atoms with Gasteiger partial charge in [0, 0.05) is 52.3 Å². The molecule has 0 radical (unpaired) electrons. The van der Waals surface area contributed by atoms with Gasteiger partial charge in [0.2, 0.25) is 0 Å². The molecular weight excluding hydrogens is 706 g/mol. The molecule has 2 aromatic carbocycles. The van der Waals surface area contributed by atoms with Gasteiger partial charge in [-0.25, -0.2) is 4.68 Å². The lowest BCUT2D eigenvalue weighted by molar-refractivity contribution is -0.239. The maximum Gasteiger partial charge on any atom is 0.308 e. The molecule has 1 aromatic heterocycles. The van der Waals surface area contributed by atoms with Crippen molar-refractivity contribution in [3.63, 3.8) is 0 Å². The molecule has 1 unspecified atom stereocenters. The average molecular weight is 740 g/mol. The number of phenols is 1. The van der Waals surface area contributed by atoms with Crippen LogP contribution < -0.4 is 14.2 Å². The summed E-state index contributed by atoms with van der Waals surface area (Å²) < 4.78 is 51.4. The van der Waals surface area contributed by atoms with E-state index in [0.29, 0.717) is 5.56 Å². The van der Waals surface area contributed by atoms with E-state index in [1.54, 1.807) is 0 Å². The van der Waals surface area contributed by atoms with Crippen LogP contribution in [0.4, 0.5) is 0 Å². The van der Waals surface area contributed by atoms with Crippen molar-refractivity contribution >= 4 is 42.1 Å². The normalized spacial score (nSPS) is 20.5. The molecule has 2 aliphatic heterocycles. The van der Waals surface area contributed by atoms with Crippen LogP contribution in [0.2, 0.25) is 0 Å². The Morgan fingerprint density at radius 2 is 1.55 bits per heavy atom. The molecule has 280 valence electrons. The molecule has 2 aliphatic rings. The summed E-state index contributed by atoms with van der Waals surface area (Å²) in [4.78, 5) is 71.7. The molecule has 1 fully saturated rings. The van der Waals surface area contributed by atoms with Crippen LogP contribution in [0.3, 0.4) is 0 Å². The lowest BCUT2D eigenvalue weighted by Gasteiger charge is -2.39. The highest BCUT2D eigenvalue weighted by molar-refractivity contribution is 5.78. The molecule has 19 nitrogen and oxygen atoms in total. The Morgan fingerprint density at radius 3 is 2.17 bits per heavy atom. The van der Waals surface area contributed by atoms with Gasteiger partial charge in [-0.2, -0.15) is 0 Å². The SMILES string of the molecule is CC(=O)OC1=C(c2ccc(O)cc2)Oc2cc(OCc3cn([C@@H]4OC[C@H](OC=O)[C@H](OC(C)=O)[C@H]4OC(C)=O)nn3)cc(OC(C)=O)c2C1OC(C)=O. The highest BCUT2D eigenvalue weighted by Crippen LogP contribution is 2.50. The van der Waals surface area contributed by atoms with Crippen molar-refractivity contribution in [2.75, 3.05) is 6.61 Å². The van der Waals surface area contributed by atoms with Gasteiger partial charge in [-0.1, -0.05) is 5.21 Å². The number of hydrogen-bond donors (Lipinski definition) is 1. The molecule has 3 aromatic rings. The van der Waals surface area contributed by atoms with E-state index in [4.69, 9.17) is 42.6 Å². The van der Waals surface area contributed by atoms with E-state index in [9.17, 15) is 33.9 Å². The Bertz CT molecular complexity index is 1940. The highest BCUT2D eigenvalue weighted by Gasteiger charge is 2.48. The fourth-order valence-electron chi connectivity index (χ4n) is 5.48. The predicted octanol–water partition coefficient (Wildman–Crippen LogP) is 2.35. The number of nitrogens with zero attached hydrogens (tertiary/aromatic N) is 3. The second kappa shape index (κ2) is 16.2. The third-order valence-electron chi connectivity index (χ3n) is 7.38. The van der Waals surface area contributed by atoms with Crippen molar-refractivity contribution in [3.8, 4) is 23.0 Å². The molecule has 3 heterocycles. The van der Waals surface area contributed by atoms with Crippen LogP contribution >= 0.6 is 0 Å². The number of phenolic OH excluding ortho intramolecular Hbond substituents is 1. The Balaban J connectivity index is 1.47. The number of aromatic nitrogens is 3. The molecule has 1 saturated heterocycles. The number of esters is 5. The van der Waals surface area contributed by atoms with Crippen LogP contribution in [-0.2, 0) is 63.8 Å². The van der Waals surface area contributed by atoms with Crippen LogP contribution in [-0.4, -0.2) is 81.3 Å². The van der Waals surface area contributed by atoms with Crippen molar-refractivity contribution in [1.29, 1.82) is 0 Å². The number of hydrogen-bond acceptors (Lipinski definition) is 18. The zero-order valence-corrected chi connectivity index (χ0v) is 28.8. The number of aromatic hydroxyl groups is 1. The van der Waals surface area contributed by atoms with E-state index < -0.39 is 60.5 Å². The molecule has 0 amide bonds. The maximum absolute atomic E-state index is 12.3. The highest BCUT2D eigenvalue weighted by atomic mass is 16.6. The van der Waals surface area contributed by atoms with E-state index in [-0.39, 0.29) is 65.5 Å². The molecule has 0 aliphatic carbocycles. The van der Waals surface area contributed by atoms with Crippen LogP contribution in [0, 0.1) is 0 Å². The van der Waals surface area contributed by atoms with Gasteiger partial charge in [-0.15, -0.1) is 5.10 Å². The molecule has 19 heteroatoms. The van der Waals surface area contributed by atoms with Crippen molar-refractivity contribution < 1.29 is 76.5 Å². The van der Waals surface area contributed by atoms with Crippen molar-refractivity contribution in [1.82, 2.24) is 15.0 Å². The van der Waals surface area contributed by atoms with Gasteiger partial charge in [0.15, 0.2) is 42.2 Å². The van der Waals surface area contributed by atoms with Gasteiger partial charge in [0.1, 0.15) is 35.3 Å². The Hall–Kier alpha value is -6.50. The van der Waals surface area contributed by atoms with Gasteiger partial charge < -0.3 is 47.7 Å². The van der Waals surface area contributed by atoms with Gasteiger partial charge >= 0.3 is 29.8 Å². The first kappa shape index (κ1) is 37.7. The second-order valence-electron chi connectivity index (χ2n) is 11.5. The Morgan fingerprint density at radius 1 is 0.887 bits per heavy atom. The number of rotatable bonds is 12. The van der Waals surface area contributed by atoms with E-state index in [2.05, 4.69) is 10.3 Å². The standard InChI is InChI=1S/C34H33N3O16/c1-16(39)48-25-10-24(11-26-28(25)31(50-18(3)41)32(51-19(4)42)29(53-26)21-6-8-23(44)9-7-21)45-13-22-12-37(36-35-22)34-33(52-20(5)43)30(49-17(2)40)27(14-46-34)47-15-38/h6-12,15,27,30-31,33-34,44H,13-14H2,1-5H3/t27-,30-,31?,33+,34+/m0/s1. The monoisotopic (exact) mass is 739 g/mol. The van der Waals surface area contributed by atoms with Gasteiger partial charge in [0.05, 0.1) is 18.4 Å². The van der Waals surface area contributed by atoms with Crippen LogP contribution in [0.1, 0.15) is 63.8 Å². The molecular formula is C34H33N3O16. The zero-order valence-electron chi connectivity index (χ0n) is 28.8. The minimum Gasteiger partial charge on any atom is -0.508 e. The largest absolute Gasteiger partial charge is 0.508 e. The average Bonchev–Trinajstić information content (AvgIpc) is 3.54. The quantitative estimate of drug-likeness (QED) is 0.121. The summed E-state index contributed by atoms with van der Waals surface area (Å²) in [7, 11) is 0. The fourth-order valence-corrected chi connectivity index (χ4v) is 5.48. The first-order valence-electron chi connectivity index (χ1n) is 15.8. The topological polar surface area (TPSA) is 236 Å². The summed E-state index contributed by atoms with van der Waals surface area (Å²) in [5, 5.41) is 18.0. The summed E-state index contributed by atoms with van der Waals surface area (Å²) in [6, 6.07) is 8.42. The van der Waals surface area contributed by atoms with E-state index >= 15 is 0 Å². The summed E-state index contributed by atoms with van der Waals surface area (Å²) in [5.74, 6) is -4.16. The lowest BCUT2D eigenvalue weighted by atomic mass is 9.98. The van der Waals surface area contributed by atoms with E-state index in [0.717, 1.165) is 34.6 Å². The summed E-state index contributed by atoms with van der Waals surface area (Å²) in [6.07, 6.45) is -4.82. The minimum atomic E-state index is -1.43. The Labute approximate surface area is 300 Å². The first-order valence-corrected chi connectivity index (χ1v) is 15.8. The van der Waals surface area contributed by atoms with Gasteiger partial charge in [-0.3, -0.25) is 28.8 Å². The maximum atomic E-state index is 12.3. The molecule has 0 bridgehead atoms. The minimum absolute atomic E-state index is 0.00364. The van der Waals surface area contributed by atoms with Crippen molar-refractivity contribution in [2.45, 2.75) is 71.9 Å². The summed E-state index contributed by atoms with van der Waals surface area (Å²) in [5.41, 5.74) is 0.575. The van der Waals surface area contributed by atoms with E-state index in [1.165, 1.54) is 47.3 Å². The smallest absolute Gasteiger partial charge is 0.308 e. The second-order valence-corrected chi connectivity index (χ2v) is 11.5. The van der Waals surface area contributed by atoms with Crippen LogP contribution in [0.5, 0.6) is 23.0 Å². The zero-order chi connectivity index (χ0) is 38.4. The van der Waals surface area contributed by atoms with Crippen molar-refractivity contribution in [3.05, 3.63) is 65.2 Å².